The molecule has 1 aromatic heterocycles. The highest BCUT2D eigenvalue weighted by Crippen LogP contribution is 2.43. The van der Waals surface area contributed by atoms with Gasteiger partial charge in [0.1, 0.15) is 17.2 Å². The summed E-state index contributed by atoms with van der Waals surface area (Å²) in [5, 5.41) is 17.1. The van der Waals surface area contributed by atoms with Gasteiger partial charge in [0.2, 0.25) is 0 Å². The van der Waals surface area contributed by atoms with Gasteiger partial charge < -0.3 is 24.4 Å². The topological polar surface area (TPSA) is 123 Å². The predicted molar refractivity (Wildman–Crippen MR) is 139 cm³/mol. The van der Waals surface area contributed by atoms with Crippen LogP contribution in [0.2, 0.25) is 0 Å². The zero-order valence-corrected chi connectivity index (χ0v) is 22.0. The largest absolute Gasteiger partial charge is 0.497 e. The van der Waals surface area contributed by atoms with Crippen molar-refractivity contribution in [3.05, 3.63) is 47.4 Å². The normalized spacial score (nSPS) is 22.2. The van der Waals surface area contributed by atoms with Crippen LogP contribution in [0.4, 0.5) is 0 Å². The molecule has 4 atom stereocenters. The highest BCUT2D eigenvalue weighted by atomic mass is 16.5. The first-order valence-electron chi connectivity index (χ1n) is 12.6. The second-order valence-corrected chi connectivity index (χ2v) is 10.1. The minimum atomic E-state index is -0.526. The Morgan fingerprint density at radius 1 is 1.16 bits per heavy atom. The molecule has 0 bridgehead atoms. The molecule has 9 heteroatoms. The van der Waals surface area contributed by atoms with Crippen LogP contribution in [0.1, 0.15) is 56.8 Å². The van der Waals surface area contributed by atoms with E-state index in [2.05, 4.69) is 10.5 Å². The molecule has 2 heterocycles. The summed E-state index contributed by atoms with van der Waals surface area (Å²) in [7, 11) is 4.69. The molecule has 1 aliphatic heterocycles. The molecule has 2 aliphatic rings. The molecule has 1 fully saturated rings. The third-order valence-corrected chi connectivity index (χ3v) is 7.38. The molecule has 2 N–H and O–H groups in total. The Morgan fingerprint density at radius 2 is 1.89 bits per heavy atom. The Labute approximate surface area is 216 Å². The molecule has 0 spiro atoms. The number of hydrogen-bond acceptors (Lipinski definition) is 8. The van der Waals surface area contributed by atoms with E-state index in [1.54, 1.807) is 20.2 Å². The van der Waals surface area contributed by atoms with Crippen LogP contribution in [0, 0.1) is 17.8 Å². The summed E-state index contributed by atoms with van der Waals surface area (Å²) in [6, 6.07) is 9.20. The lowest BCUT2D eigenvalue weighted by Gasteiger charge is -2.23. The molecule has 0 saturated heterocycles. The van der Waals surface area contributed by atoms with Gasteiger partial charge in [-0.25, -0.2) is 0 Å². The molecule has 1 saturated carbocycles. The number of rotatable bonds is 10. The SMILES string of the molecule is CNC(=O)C1=C(c2ccc(OC)cc2)CC([C@@H]2C[C@@H](O)CC2CC(=O)C(c2cc(OC)no2)C(C)C)=N1. The maximum Gasteiger partial charge on any atom is 0.269 e. The number of likely N-dealkylation sites (N-methyl/N-ethyl adjacent to an activating group) is 1. The van der Waals surface area contributed by atoms with E-state index in [4.69, 9.17) is 19.0 Å². The summed E-state index contributed by atoms with van der Waals surface area (Å²) in [6.07, 6.45) is 1.26. The number of nitrogens with one attached hydrogen (secondary N) is 1. The first-order valence-corrected chi connectivity index (χ1v) is 12.6. The Morgan fingerprint density at radius 3 is 2.49 bits per heavy atom. The fourth-order valence-corrected chi connectivity index (χ4v) is 5.56. The minimum absolute atomic E-state index is 0.00180. The lowest BCUT2D eigenvalue weighted by atomic mass is 9.80. The molecular formula is C28H35N3O6. The average molecular weight is 510 g/mol. The van der Waals surface area contributed by atoms with Crippen molar-refractivity contribution in [1.29, 1.82) is 0 Å². The number of aliphatic hydroxyl groups is 1. The molecule has 198 valence electrons. The van der Waals surface area contributed by atoms with E-state index in [-0.39, 0.29) is 35.9 Å². The lowest BCUT2D eigenvalue weighted by Crippen LogP contribution is -2.25. The predicted octanol–water partition coefficient (Wildman–Crippen LogP) is 3.78. The van der Waals surface area contributed by atoms with Crippen LogP contribution in [-0.2, 0) is 9.59 Å². The van der Waals surface area contributed by atoms with Gasteiger partial charge in [-0.1, -0.05) is 26.0 Å². The van der Waals surface area contributed by atoms with Gasteiger partial charge in [-0.2, -0.15) is 0 Å². The van der Waals surface area contributed by atoms with Crippen molar-refractivity contribution in [2.75, 3.05) is 21.3 Å². The van der Waals surface area contributed by atoms with Crippen LogP contribution < -0.4 is 14.8 Å². The highest BCUT2D eigenvalue weighted by molar-refractivity contribution is 6.12. The standard InChI is InChI=1S/C28H35N3O6/c1-15(2)26(24-14-25(36-5)31-37-24)23(33)11-17-10-18(32)12-20(17)22-13-21(27(30-22)28(34)29-3)16-6-8-19(35-4)9-7-16/h6-9,14-15,17-18,20,26,32H,10-13H2,1-5H3,(H,29,34)/t17?,18-,20+,26?/m0/s1. The fourth-order valence-electron chi connectivity index (χ4n) is 5.56. The first kappa shape index (κ1) is 26.6. The molecule has 1 aliphatic carbocycles. The number of nitrogens with zero attached hydrogens (tertiary/aromatic N) is 2. The summed E-state index contributed by atoms with van der Waals surface area (Å²) in [4.78, 5) is 31.0. The van der Waals surface area contributed by atoms with E-state index in [0.29, 0.717) is 36.6 Å². The van der Waals surface area contributed by atoms with Crippen LogP contribution in [0.5, 0.6) is 11.6 Å². The van der Waals surface area contributed by atoms with Gasteiger partial charge in [0.15, 0.2) is 5.76 Å². The minimum Gasteiger partial charge on any atom is -0.497 e. The van der Waals surface area contributed by atoms with Crippen molar-refractivity contribution in [3.63, 3.8) is 0 Å². The Bertz CT molecular complexity index is 1200. The van der Waals surface area contributed by atoms with Crippen LogP contribution >= 0.6 is 0 Å². The van der Waals surface area contributed by atoms with Crippen molar-refractivity contribution in [2.24, 2.45) is 22.7 Å². The number of carbonyl (C=O) groups excluding carboxylic acids is 2. The van der Waals surface area contributed by atoms with Crippen molar-refractivity contribution in [3.8, 4) is 11.6 Å². The molecule has 2 aromatic rings. The second-order valence-electron chi connectivity index (χ2n) is 10.1. The van der Waals surface area contributed by atoms with Crippen molar-refractivity contribution < 1.29 is 28.7 Å². The Kier molecular flexibility index (Phi) is 8.12. The summed E-state index contributed by atoms with van der Waals surface area (Å²) in [5.74, 6) is 0.665. The van der Waals surface area contributed by atoms with E-state index < -0.39 is 12.0 Å². The van der Waals surface area contributed by atoms with Gasteiger partial charge in [0.05, 0.1) is 26.2 Å². The van der Waals surface area contributed by atoms with Gasteiger partial charge in [0.25, 0.3) is 11.8 Å². The number of amides is 1. The summed E-state index contributed by atoms with van der Waals surface area (Å²) in [6.45, 7) is 3.95. The number of aliphatic hydroxyl groups excluding tert-OH is 1. The van der Waals surface area contributed by atoms with Gasteiger partial charge >= 0.3 is 0 Å². The molecule has 1 amide bonds. The Balaban J connectivity index is 1.56. The molecule has 0 radical (unpaired) electrons. The van der Waals surface area contributed by atoms with Crippen molar-refractivity contribution in [2.45, 2.75) is 51.6 Å². The van der Waals surface area contributed by atoms with E-state index >= 15 is 0 Å². The van der Waals surface area contributed by atoms with Gasteiger partial charge in [-0.3, -0.25) is 14.6 Å². The van der Waals surface area contributed by atoms with E-state index in [0.717, 1.165) is 22.6 Å². The molecule has 2 unspecified atom stereocenters. The molecular weight excluding hydrogens is 474 g/mol. The zero-order chi connectivity index (χ0) is 26.7. The number of ether oxygens (including phenoxy) is 2. The third-order valence-electron chi connectivity index (χ3n) is 7.38. The number of aliphatic imine (C=N–C) groups is 1. The van der Waals surface area contributed by atoms with Crippen LogP contribution in [0.15, 0.2) is 45.5 Å². The zero-order valence-electron chi connectivity index (χ0n) is 22.0. The number of carbonyl (C=O) groups is 2. The number of aromatic nitrogens is 1. The lowest BCUT2D eigenvalue weighted by molar-refractivity contribution is -0.123. The smallest absolute Gasteiger partial charge is 0.269 e. The van der Waals surface area contributed by atoms with Gasteiger partial charge in [-0.05, 0) is 53.1 Å². The third kappa shape index (κ3) is 5.61. The van der Waals surface area contributed by atoms with Gasteiger partial charge in [-0.15, -0.1) is 0 Å². The van der Waals surface area contributed by atoms with Crippen LogP contribution in [0.3, 0.4) is 0 Å². The summed E-state index contributed by atoms with van der Waals surface area (Å²) in [5.41, 5.74) is 2.94. The summed E-state index contributed by atoms with van der Waals surface area (Å²) >= 11 is 0. The molecule has 1 aromatic carbocycles. The molecule has 4 rings (SSSR count). The number of allylic oxidation sites excluding steroid dienone is 1. The van der Waals surface area contributed by atoms with E-state index in [1.165, 1.54) is 7.11 Å². The number of benzene rings is 1. The fraction of sp³-hybridized carbons (Fsp3) is 0.500. The number of methoxy groups -OCH3 is 2. The van der Waals surface area contributed by atoms with Crippen molar-refractivity contribution >= 4 is 23.0 Å². The van der Waals surface area contributed by atoms with E-state index in [9.17, 15) is 14.7 Å². The van der Waals surface area contributed by atoms with Gasteiger partial charge in [0, 0.05) is 37.6 Å². The maximum atomic E-state index is 13.5. The number of ketones is 1. The molecule has 37 heavy (non-hydrogen) atoms. The van der Waals surface area contributed by atoms with Crippen molar-refractivity contribution in [1.82, 2.24) is 10.5 Å². The number of Topliss-reactive ketones (excluding diaryl/α,β-unsaturated/α-hetero) is 1. The average Bonchev–Trinajstić information content (AvgIpc) is 3.62. The van der Waals surface area contributed by atoms with Crippen LogP contribution in [0.25, 0.3) is 5.57 Å². The van der Waals surface area contributed by atoms with Crippen LogP contribution in [-0.4, -0.2) is 55.0 Å². The van der Waals surface area contributed by atoms with E-state index in [1.807, 2.05) is 38.1 Å². The maximum absolute atomic E-state index is 13.5. The summed E-state index contributed by atoms with van der Waals surface area (Å²) < 4.78 is 15.8. The molecule has 9 nitrogen and oxygen atoms in total. The quantitative estimate of drug-likeness (QED) is 0.500. The highest BCUT2D eigenvalue weighted by Gasteiger charge is 2.41. The first-order chi connectivity index (χ1) is 17.7. The second kappa shape index (κ2) is 11.3. The Hall–Kier alpha value is -3.46. The number of hydrogen-bond donors (Lipinski definition) is 2. The monoisotopic (exact) mass is 509 g/mol.